The molecule has 2 heterocycles. The SMILES string of the molecule is COc1ccc(C(=O)NC(=O)CSc2nnc(N3CCOCC3)n2CC(F)(F)F)cc1. The van der Waals surface area contributed by atoms with Gasteiger partial charge in [0, 0.05) is 18.7 Å². The summed E-state index contributed by atoms with van der Waals surface area (Å²) >= 11 is 0.771. The minimum Gasteiger partial charge on any atom is -0.497 e. The minimum absolute atomic E-state index is 0.0640. The second kappa shape index (κ2) is 10.0. The van der Waals surface area contributed by atoms with Gasteiger partial charge in [0.2, 0.25) is 11.9 Å². The fraction of sp³-hybridized carbons (Fsp3) is 0.444. The van der Waals surface area contributed by atoms with Gasteiger partial charge in [-0.2, -0.15) is 13.2 Å². The molecule has 31 heavy (non-hydrogen) atoms. The smallest absolute Gasteiger partial charge is 0.406 e. The average Bonchev–Trinajstić information content (AvgIpc) is 3.13. The van der Waals surface area contributed by atoms with E-state index in [4.69, 9.17) is 9.47 Å². The number of carbonyl (C=O) groups excluding carboxylic acids is 2. The molecular formula is C18H20F3N5O4S. The highest BCUT2D eigenvalue weighted by Gasteiger charge is 2.33. The van der Waals surface area contributed by atoms with E-state index < -0.39 is 24.5 Å². The molecule has 0 atom stereocenters. The summed E-state index contributed by atoms with van der Waals surface area (Å²) in [5.41, 5.74) is 0.244. The van der Waals surface area contributed by atoms with Gasteiger partial charge < -0.3 is 14.4 Å². The predicted molar refractivity (Wildman–Crippen MR) is 105 cm³/mol. The molecule has 9 nitrogen and oxygen atoms in total. The molecule has 1 aromatic carbocycles. The molecule has 2 amide bonds. The molecule has 1 N–H and O–H groups in total. The summed E-state index contributed by atoms with van der Waals surface area (Å²) < 4.78 is 50.4. The van der Waals surface area contributed by atoms with Gasteiger partial charge in [0.15, 0.2) is 5.16 Å². The van der Waals surface area contributed by atoms with Crippen LogP contribution in [0.4, 0.5) is 19.1 Å². The highest BCUT2D eigenvalue weighted by molar-refractivity contribution is 7.99. The van der Waals surface area contributed by atoms with Crippen molar-refractivity contribution in [3.63, 3.8) is 0 Å². The van der Waals surface area contributed by atoms with Crippen LogP contribution in [0.5, 0.6) is 5.75 Å². The van der Waals surface area contributed by atoms with E-state index in [1.807, 2.05) is 0 Å². The lowest BCUT2D eigenvalue weighted by Gasteiger charge is -2.28. The van der Waals surface area contributed by atoms with Crippen LogP contribution in [0.15, 0.2) is 29.4 Å². The first-order valence-electron chi connectivity index (χ1n) is 9.20. The van der Waals surface area contributed by atoms with Crippen molar-refractivity contribution in [2.75, 3.05) is 44.1 Å². The Hall–Kier alpha value is -2.80. The molecule has 0 spiro atoms. The van der Waals surface area contributed by atoms with Crippen LogP contribution in [0.2, 0.25) is 0 Å². The highest BCUT2D eigenvalue weighted by atomic mass is 32.2. The second-order valence-corrected chi connectivity index (χ2v) is 7.42. The lowest BCUT2D eigenvalue weighted by Crippen LogP contribution is -2.38. The summed E-state index contributed by atoms with van der Waals surface area (Å²) in [7, 11) is 1.48. The number of ether oxygens (including phenoxy) is 2. The summed E-state index contributed by atoms with van der Waals surface area (Å²) in [4.78, 5) is 25.9. The number of imide groups is 1. The Morgan fingerprint density at radius 3 is 2.48 bits per heavy atom. The molecule has 13 heteroatoms. The molecule has 0 aliphatic carbocycles. The third-order valence-corrected chi connectivity index (χ3v) is 5.23. The van der Waals surface area contributed by atoms with E-state index in [9.17, 15) is 22.8 Å². The Morgan fingerprint density at radius 1 is 1.19 bits per heavy atom. The number of aromatic nitrogens is 3. The van der Waals surface area contributed by atoms with Crippen molar-refractivity contribution in [1.82, 2.24) is 20.1 Å². The first kappa shape index (κ1) is 22.9. The molecule has 1 fully saturated rings. The normalized spacial score (nSPS) is 14.4. The van der Waals surface area contributed by atoms with Crippen LogP contribution in [0.25, 0.3) is 0 Å². The zero-order valence-corrected chi connectivity index (χ0v) is 17.3. The number of nitrogens with zero attached hydrogens (tertiary/aromatic N) is 4. The van der Waals surface area contributed by atoms with Crippen LogP contribution in [0.3, 0.4) is 0 Å². The van der Waals surface area contributed by atoms with Crippen molar-refractivity contribution < 1.29 is 32.2 Å². The maximum atomic E-state index is 13.1. The Bertz CT molecular complexity index is 914. The van der Waals surface area contributed by atoms with Gasteiger partial charge in [0.1, 0.15) is 12.3 Å². The molecule has 2 aromatic rings. The van der Waals surface area contributed by atoms with Crippen molar-refractivity contribution in [2.45, 2.75) is 17.9 Å². The number of nitrogens with one attached hydrogen (secondary N) is 1. The summed E-state index contributed by atoms with van der Waals surface area (Å²) in [5, 5.41) is 9.83. The summed E-state index contributed by atoms with van der Waals surface area (Å²) in [6.07, 6.45) is -4.49. The Morgan fingerprint density at radius 2 is 1.87 bits per heavy atom. The highest BCUT2D eigenvalue weighted by Crippen LogP contribution is 2.27. The minimum atomic E-state index is -4.49. The van der Waals surface area contributed by atoms with Gasteiger partial charge in [-0.25, -0.2) is 0 Å². The van der Waals surface area contributed by atoms with Gasteiger partial charge >= 0.3 is 6.18 Å². The summed E-state index contributed by atoms with van der Waals surface area (Å²) in [6, 6.07) is 6.12. The van der Waals surface area contributed by atoms with E-state index in [0.717, 1.165) is 16.3 Å². The van der Waals surface area contributed by atoms with Crippen LogP contribution in [0.1, 0.15) is 10.4 Å². The molecule has 3 rings (SSSR count). The molecule has 0 unspecified atom stereocenters. The fourth-order valence-corrected chi connectivity index (χ4v) is 3.54. The quantitative estimate of drug-likeness (QED) is 0.626. The van der Waals surface area contributed by atoms with E-state index >= 15 is 0 Å². The number of methoxy groups -OCH3 is 1. The van der Waals surface area contributed by atoms with Gasteiger partial charge in [-0.3, -0.25) is 19.5 Å². The number of morpholine rings is 1. The predicted octanol–water partition coefficient (Wildman–Crippen LogP) is 1.73. The molecule has 168 valence electrons. The topological polar surface area (TPSA) is 98.6 Å². The third-order valence-electron chi connectivity index (χ3n) is 4.27. The van der Waals surface area contributed by atoms with E-state index in [1.54, 1.807) is 17.0 Å². The fourth-order valence-electron chi connectivity index (χ4n) is 2.81. The number of amides is 2. The molecule has 1 aliphatic heterocycles. The van der Waals surface area contributed by atoms with Gasteiger partial charge in [-0.05, 0) is 24.3 Å². The zero-order valence-electron chi connectivity index (χ0n) is 16.5. The Labute approximate surface area is 179 Å². The number of thioether (sulfide) groups is 1. The molecular weight excluding hydrogens is 439 g/mol. The second-order valence-electron chi connectivity index (χ2n) is 6.48. The number of benzene rings is 1. The van der Waals surface area contributed by atoms with Crippen LogP contribution in [0, 0.1) is 0 Å². The van der Waals surface area contributed by atoms with Crippen molar-refractivity contribution in [3.8, 4) is 5.75 Å². The van der Waals surface area contributed by atoms with Crippen LogP contribution in [-0.4, -0.2) is 71.9 Å². The van der Waals surface area contributed by atoms with E-state index in [1.165, 1.54) is 19.2 Å². The first-order valence-corrected chi connectivity index (χ1v) is 10.2. The molecule has 0 bridgehead atoms. The molecule has 1 aliphatic rings. The largest absolute Gasteiger partial charge is 0.497 e. The standard InChI is InChI=1S/C18H20F3N5O4S/c1-29-13-4-2-12(3-5-13)15(28)22-14(27)10-31-17-24-23-16(25-6-8-30-9-7-25)26(17)11-18(19,20)21/h2-5H,6-11H2,1H3,(H,22,27,28). The molecule has 1 aromatic heterocycles. The summed E-state index contributed by atoms with van der Waals surface area (Å²) in [5.74, 6) is -0.975. The van der Waals surface area contributed by atoms with Crippen molar-refractivity contribution in [3.05, 3.63) is 29.8 Å². The monoisotopic (exact) mass is 459 g/mol. The van der Waals surface area contributed by atoms with Crippen molar-refractivity contribution in [2.24, 2.45) is 0 Å². The number of carbonyl (C=O) groups is 2. The number of hydrogen-bond acceptors (Lipinski definition) is 8. The number of rotatable bonds is 7. The molecule has 0 saturated carbocycles. The Balaban J connectivity index is 1.64. The maximum Gasteiger partial charge on any atom is 0.406 e. The van der Waals surface area contributed by atoms with Crippen molar-refractivity contribution in [1.29, 1.82) is 0 Å². The maximum absolute atomic E-state index is 13.1. The zero-order chi connectivity index (χ0) is 22.4. The average molecular weight is 459 g/mol. The number of halogens is 3. The van der Waals surface area contributed by atoms with Gasteiger partial charge in [-0.1, -0.05) is 11.8 Å². The van der Waals surface area contributed by atoms with Gasteiger partial charge in [0.25, 0.3) is 5.91 Å². The van der Waals surface area contributed by atoms with Gasteiger partial charge in [0.05, 0.1) is 26.1 Å². The molecule has 0 radical (unpaired) electrons. The molecule has 1 saturated heterocycles. The first-order chi connectivity index (χ1) is 14.8. The summed E-state index contributed by atoms with van der Waals surface area (Å²) in [6.45, 7) is 0.227. The lowest BCUT2D eigenvalue weighted by atomic mass is 10.2. The number of alkyl halides is 3. The van der Waals surface area contributed by atoms with Crippen LogP contribution in [-0.2, 0) is 16.1 Å². The lowest BCUT2D eigenvalue weighted by molar-refractivity contribution is -0.141. The third kappa shape index (κ3) is 6.34. The van der Waals surface area contributed by atoms with Crippen LogP contribution < -0.4 is 15.0 Å². The van der Waals surface area contributed by atoms with E-state index in [-0.39, 0.29) is 22.4 Å². The van der Waals surface area contributed by atoms with Crippen LogP contribution >= 0.6 is 11.8 Å². The number of anilines is 1. The van der Waals surface area contributed by atoms with E-state index in [2.05, 4.69) is 15.5 Å². The van der Waals surface area contributed by atoms with E-state index in [0.29, 0.717) is 32.1 Å². The van der Waals surface area contributed by atoms with Gasteiger partial charge in [-0.15, -0.1) is 10.2 Å². The Kier molecular flexibility index (Phi) is 7.38. The number of hydrogen-bond donors (Lipinski definition) is 1. The van der Waals surface area contributed by atoms with Crippen molar-refractivity contribution >= 4 is 29.5 Å².